The summed E-state index contributed by atoms with van der Waals surface area (Å²) in [6.07, 6.45) is 61.2. The molecule has 0 fully saturated rings. The summed E-state index contributed by atoms with van der Waals surface area (Å²) in [6.45, 7) is 9.37. The molecular weight excluding hydrogens is 565 g/mol. The van der Waals surface area contributed by atoms with Crippen LogP contribution in [-0.4, -0.2) is 0 Å². The van der Waals surface area contributed by atoms with E-state index in [2.05, 4.69) is 39.8 Å². The van der Waals surface area contributed by atoms with Crippen LogP contribution in [0.1, 0.15) is 278 Å². The van der Waals surface area contributed by atoms with Crippen molar-refractivity contribution in [3.8, 4) is 0 Å². The summed E-state index contributed by atoms with van der Waals surface area (Å²) in [5.74, 6) is 2.93. The van der Waals surface area contributed by atoms with Crippen molar-refractivity contribution in [3.05, 3.63) is 18.1 Å². The first kappa shape index (κ1) is 46.7. The van der Waals surface area contributed by atoms with Gasteiger partial charge in [0.05, 0.1) is 0 Å². The maximum atomic E-state index is 2.49. The molecule has 1 radical (unpaired) electrons. The molecule has 0 bridgehead atoms. The molecule has 0 heteroatoms. The maximum Gasteiger partial charge on any atom is -0.0210 e. The predicted octanol–water partition coefficient (Wildman–Crippen LogP) is 18.0. The first-order valence-corrected chi connectivity index (χ1v) is 22.8. The lowest BCUT2D eigenvalue weighted by atomic mass is 9.78. The minimum Gasteiger partial charge on any atom is -0.0885 e. The molecule has 0 saturated carbocycles. The third kappa shape index (κ3) is 36.8. The Morgan fingerprint density at radius 3 is 0.936 bits per heavy atom. The van der Waals surface area contributed by atoms with Crippen LogP contribution in [0.2, 0.25) is 0 Å². The van der Waals surface area contributed by atoms with Crippen LogP contribution >= 0.6 is 0 Å². The van der Waals surface area contributed by atoms with Crippen LogP contribution < -0.4 is 0 Å². The van der Waals surface area contributed by atoms with Crippen LogP contribution in [-0.2, 0) is 0 Å². The molecule has 0 nitrogen and oxygen atoms in total. The number of rotatable bonds is 41. The average molecular weight is 658 g/mol. The van der Waals surface area contributed by atoms with E-state index in [0.29, 0.717) is 0 Å². The van der Waals surface area contributed by atoms with Gasteiger partial charge in [0.25, 0.3) is 0 Å². The summed E-state index contributed by atoms with van der Waals surface area (Å²) in [5, 5.41) is 0. The van der Waals surface area contributed by atoms with E-state index in [1.807, 2.05) is 5.92 Å². The fourth-order valence-electron chi connectivity index (χ4n) is 7.68. The summed E-state index contributed by atoms with van der Waals surface area (Å²) in [6, 6.07) is 0. The molecule has 0 N–H and O–H groups in total. The number of hydrogen-bond donors (Lipinski definition) is 0. The van der Waals surface area contributed by atoms with Gasteiger partial charge in [0, 0.05) is 0 Å². The lowest BCUT2D eigenvalue weighted by Gasteiger charge is -2.27. The van der Waals surface area contributed by atoms with Gasteiger partial charge in [0.2, 0.25) is 0 Å². The third-order valence-corrected chi connectivity index (χ3v) is 11.0. The molecule has 47 heavy (non-hydrogen) atoms. The molecule has 1 atom stereocenters. The van der Waals surface area contributed by atoms with E-state index < -0.39 is 0 Å². The monoisotopic (exact) mass is 658 g/mol. The molecule has 0 aliphatic rings. The van der Waals surface area contributed by atoms with Crippen LogP contribution in [0.15, 0.2) is 12.2 Å². The standard InChI is InChI=1S/C47H93/c1-5-9-13-16-19-22-24-26-27-29-32-34-36-39-43-46(42-12-8-4)47(44-40-37-33-30-21-18-15-11-7-3)45-41-38-35-31-28-25-23-20-17-14-10-6-2/h26-27,46H,5-25,28-45H2,1-4H3/b27-26-. The maximum absolute atomic E-state index is 2.49. The third-order valence-electron chi connectivity index (χ3n) is 11.0. The Bertz CT molecular complexity index is 560. The quantitative estimate of drug-likeness (QED) is 0.0453. The molecule has 0 spiro atoms. The summed E-state index contributed by atoms with van der Waals surface area (Å²) >= 11 is 0. The Labute approximate surface area is 301 Å². The highest BCUT2D eigenvalue weighted by Crippen LogP contribution is 2.35. The molecule has 1 unspecified atom stereocenters. The van der Waals surface area contributed by atoms with Gasteiger partial charge in [0.1, 0.15) is 0 Å². The molecule has 0 aliphatic carbocycles. The van der Waals surface area contributed by atoms with Crippen LogP contribution in [0, 0.1) is 11.8 Å². The van der Waals surface area contributed by atoms with Crippen molar-refractivity contribution in [2.45, 2.75) is 278 Å². The Hall–Kier alpha value is -0.260. The van der Waals surface area contributed by atoms with E-state index in [4.69, 9.17) is 0 Å². The van der Waals surface area contributed by atoms with Gasteiger partial charge in [0.15, 0.2) is 0 Å². The molecule has 0 aromatic rings. The van der Waals surface area contributed by atoms with Crippen molar-refractivity contribution in [3.63, 3.8) is 0 Å². The number of unbranched alkanes of at least 4 members (excludes halogenated alkanes) is 30. The van der Waals surface area contributed by atoms with Crippen LogP contribution in [0.3, 0.4) is 0 Å². The van der Waals surface area contributed by atoms with Crippen molar-refractivity contribution in [2.75, 3.05) is 0 Å². The highest BCUT2D eigenvalue weighted by Gasteiger charge is 2.21. The van der Waals surface area contributed by atoms with Gasteiger partial charge in [-0.05, 0) is 63.2 Å². The molecule has 0 aromatic carbocycles. The van der Waals surface area contributed by atoms with Crippen molar-refractivity contribution >= 4 is 0 Å². The van der Waals surface area contributed by atoms with Crippen molar-refractivity contribution in [1.82, 2.24) is 0 Å². The van der Waals surface area contributed by atoms with E-state index in [9.17, 15) is 0 Å². The molecule has 0 aliphatic heterocycles. The highest BCUT2D eigenvalue weighted by atomic mass is 14.3. The Balaban J connectivity index is 4.42. The molecule has 0 saturated heterocycles. The SMILES string of the molecule is CCCCCCCC/C=C\CCCCCCC(CCCC)[C](CCCCCCCCCCC)CCCCCCCCCCCCCC. The smallest absolute Gasteiger partial charge is 0.0210 e. The molecule has 281 valence electrons. The summed E-state index contributed by atoms with van der Waals surface area (Å²) in [4.78, 5) is 0. The van der Waals surface area contributed by atoms with Gasteiger partial charge in [-0.2, -0.15) is 0 Å². The zero-order valence-corrected chi connectivity index (χ0v) is 33.8. The summed E-state index contributed by atoms with van der Waals surface area (Å²) in [5.41, 5.74) is 0. The van der Waals surface area contributed by atoms with Gasteiger partial charge in [-0.15, -0.1) is 0 Å². The number of hydrogen-bond acceptors (Lipinski definition) is 0. The van der Waals surface area contributed by atoms with Crippen LogP contribution in [0.5, 0.6) is 0 Å². The van der Waals surface area contributed by atoms with E-state index >= 15 is 0 Å². The topological polar surface area (TPSA) is 0 Å². The van der Waals surface area contributed by atoms with E-state index in [1.165, 1.54) is 250 Å². The zero-order chi connectivity index (χ0) is 34.1. The van der Waals surface area contributed by atoms with E-state index in [1.54, 1.807) is 0 Å². The molecule has 0 amide bonds. The second-order valence-corrected chi connectivity index (χ2v) is 15.7. The minimum atomic E-state index is 0.925. The lowest BCUT2D eigenvalue weighted by Crippen LogP contribution is -2.14. The highest BCUT2D eigenvalue weighted by molar-refractivity contribution is 4.96. The fourth-order valence-corrected chi connectivity index (χ4v) is 7.68. The van der Waals surface area contributed by atoms with Crippen LogP contribution in [0.25, 0.3) is 0 Å². The second-order valence-electron chi connectivity index (χ2n) is 15.7. The molecule has 0 rings (SSSR count). The van der Waals surface area contributed by atoms with Gasteiger partial charge in [-0.3, -0.25) is 0 Å². The van der Waals surface area contributed by atoms with Crippen LogP contribution in [0.4, 0.5) is 0 Å². The second kappa shape index (κ2) is 41.9. The first-order chi connectivity index (χ1) is 23.3. The first-order valence-electron chi connectivity index (χ1n) is 22.8. The van der Waals surface area contributed by atoms with Gasteiger partial charge >= 0.3 is 0 Å². The lowest BCUT2D eigenvalue weighted by molar-refractivity contribution is 0.376. The largest absolute Gasteiger partial charge is 0.0885 e. The Morgan fingerprint density at radius 2 is 0.574 bits per heavy atom. The predicted molar refractivity (Wildman–Crippen MR) is 219 cm³/mol. The molecular formula is C47H93. The van der Waals surface area contributed by atoms with Crippen molar-refractivity contribution in [1.29, 1.82) is 0 Å². The summed E-state index contributed by atoms with van der Waals surface area (Å²) in [7, 11) is 0. The molecule has 0 aromatic heterocycles. The fraction of sp³-hybridized carbons (Fsp3) is 0.936. The van der Waals surface area contributed by atoms with Crippen molar-refractivity contribution in [2.24, 2.45) is 5.92 Å². The number of allylic oxidation sites excluding steroid dienone is 2. The Morgan fingerprint density at radius 1 is 0.298 bits per heavy atom. The normalized spacial score (nSPS) is 12.6. The zero-order valence-electron chi connectivity index (χ0n) is 33.8. The van der Waals surface area contributed by atoms with Gasteiger partial charge in [-0.25, -0.2) is 0 Å². The van der Waals surface area contributed by atoms with Gasteiger partial charge in [-0.1, -0.05) is 239 Å². The van der Waals surface area contributed by atoms with Gasteiger partial charge < -0.3 is 0 Å². The van der Waals surface area contributed by atoms with E-state index in [-0.39, 0.29) is 0 Å². The Kier molecular flexibility index (Phi) is 41.7. The summed E-state index contributed by atoms with van der Waals surface area (Å²) < 4.78 is 0. The minimum absolute atomic E-state index is 0.925. The molecule has 0 heterocycles. The van der Waals surface area contributed by atoms with E-state index in [0.717, 1.165) is 5.92 Å². The van der Waals surface area contributed by atoms with Crippen molar-refractivity contribution < 1.29 is 0 Å². The average Bonchev–Trinajstić information content (AvgIpc) is 3.08.